The number of nitrogen functional groups attached to an aromatic ring is 1. The molecule has 0 unspecified atom stereocenters. The Morgan fingerprint density at radius 2 is 2.18 bits per heavy atom. The highest BCUT2D eigenvalue weighted by atomic mass is 15.1. The van der Waals surface area contributed by atoms with E-state index in [1.807, 2.05) is 6.07 Å². The van der Waals surface area contributed by atoms with Crippen molar-refractivity contribution in [2.45, 2.75) is 13.3 Å². The number of nitrogens with zero attached hydrogens (tertiary/aromatic N) is 2. The minimum Gasteiger partial charge on any atom is -0.370 e. The van der Waals surface area contributed by atoms with Crippen LogP contribution in [0.25, 0.3) is 0 Å². The van der Waals surface area contributed by atoms with Crippen molar-refractivity contribution >= 4 is 11.8 Å². The lowest BCUT2D eigenvalue weighted by Gasteiger charge is -2.06. The Hall–Kier alpha value is -2.10. The van der Waals surface area contributed by atoms with Gasteiger partial charge in [-0.05, 0) is 25.0 Å². The summed E-state index contributed by atoms with van der Waals surface area (Å²) in [5, 5.41) is 3.22. The van der Waals surface area contributed by atoms with Gasteiger partial charge in [0.25, 0.3) is 0 Å². The molecule has 0 bridgehead atoms. The third kappa shape index (κ3) is 3.45. The Labute approximate surface area is 101 Å². The molecule has 0 fully saturated rings. The summed E-state index contributed by atoms with van der Waals surface area (Å²) in [5.74, 6) is 1.07. The van der Waals surface area contributed by atoms with Crippen LogP contribution < -0.4 is 11.1 Å². The highest BCUT2D eigenvalue weighted by molar-refractivity contribution is 5.37. The molecule has 0 radical (unpaired) electrons. The molecule has 2 aromatic rings. The van der Waals surface area contributed by atoms with Gasteiger partial charge in [0, 0.05) is 12.7 Å². The summed E-state index contributed by atoms with van der Waals surface area (Å²) >= 11 is 0. The van der Waals surface area contributed by atoms with Crippen LogP contribution in [0.1, 0.15) is 11.1 Å². The molecule has 0 aliphatic carbocycles. The number of hydrogen-bond donors (Lipinski definition) is 2. The van der Waals surface area contributed by atoms with Crippen LogP contribution in [-0.4, -0.2) is 16.5 Å². The first-order chi connectivity index (χ1) is 8.24. The second-order valence-corrected chi connectivity index (χ2v) is 3.97. The first-order valence-electron chi connectivity index (χ1n) is 5.62. The predicted octanol–water partition coefficient (Wildman–Crippen LogP) is 2.02. The smallest absolute Gasteiger partial charge is 0.221 e. The van der Waals surface area contributed by atoms with Crippen molar-refractivity contribution in [3.05, 3.63) is 47.7 Å². The topological polar surface area (TPSA) is 63.8 Å². The summed E-state index contributed by atoms with van der Waals surface area (Å²) in [5.41, 5.74) is 8.10. The van der Waals surface area contributed by atoms with Crippen LogP contribution in [0.15, 0.2) is 36.5 Å². The van der Waals surface area contributed by atoms with E-state index in [4.69, 9.17) is 5.73 Å². The van der Waals surface area contributed by atoms with Crippen LogP contribution in [0.4, 0.5) is 11.8 Å². The summed E-state index contributed by atoms with van der Waals surface area (Å²) in [6, 6.07) is 10.3. The summed E-state index contributed by atoms with van der Waals surface area (Å²) < 4.78 is 0. The van der Waals surface area contributed by atoms with Gasteiger partial charge in [-0.15, -0.1) is 0 Å². The molecule has 0 saturated carbocycles. The Balaban J connectivity index is 1.87. The highest BCUT2D eigenvalue weighted by Crippen LogP contribution is 2.06. The molecule has 1 aromatic carbocycles. The van der Waals surface area contributed by atoms with Crippen molar-refractivity contribution in [3.8, 4) is 0 Å². The number of rotatable bonds is 4. The van der Waals surface area contributed by atoms with Crippen molar-refractivity contribution in [2.24, 2.45) is 0 Å². The number of nitrogens with one attached hydrogen (secondary N) is 1. The molecule has 3 N–H and O–H groups in total. The van der Waals surface area contributed by atoms with Gasteiger partial charge < -0.3 is 11.1 Å². The van der Waals surface area contributed by atoms with E-state index < -0.39 is 0 Å². The fourth-order valence-corrected chi connectivity index (χ4v) is 1.67. The van der Waals surface area contributed by atoms with E-state index in [0.29, 0.717) is 5.95 Å². The van der Waals surface area contributed by atoms with Crippen LogP contribution in [-0.2, 0) is 6.42 Å². The van der Waals surface area contributed by atoms with Crippen LogP contribution in [0.2, 0.25) is 0 Å². The highest BCUT2D eigenvalue weighted by Gasteiger charge is 1.96. The zero-order valence-corrected chi connectivity index (χ0v) is 9.85. The molecule has 0 amide bonds. The monoisotopic (exact) mass is 228 g/mol. The first-order valence-corrected chi connectivity index (χ1v) is 5.62. The SMILES string of the molecule is Cc1cccc(CCNc2ccnc(N)n2)c1. The van der Waals surface area contributed by atoms with E-state index in [2.05, 4.69) is 46.5 Å². The van der Waals surface area contributed by atoms with Gasteiger partial charge >= 0.3 is 0 Å². The molecule has 0 aliphatic heterocycles. The second-order valence-electron chi connectivity index (χ2n) is 3.97. The molecule has 0 aliphatic rings. The Bertz CT molecular complexity index is 451. The molecule has 17 heavy (non-hydrogen) atoms. The second kappa shape index (κ2) is 5.30. The van der Waals surface area contributed by atoms with Gasteiger partial charge in [0.05, 0.1) is 0 Å². The molecule has 0 spiro atoms. The normalized spacial score (nSPS) is 10.2. The van der Waals surface area contributed by atoms with Gasteiger partial charge in [-0.25, -0.2) is 4.98 Å². The van der Waals surface area contributed by atoms with E-state index in [9.17, 15) is 0 Å². The molecule has 0 saturated heterocycles. The van der Waals surface area contributed by atoms with Crippen molar-refractivity contribution in [1.82, 2.24) is 9.97 Å². The number of benzene rings is 1. The molecular formula is C13H16N4. The van der Waals surface area contributed by atoms with E-state index in [1.165, 1.54) is 11.1 Å². The van der Waals surface area contributed by atoms with Gasteiger partial charge in [0.15, 0.2) is 0 Å². The maximum Gasteiger partial charge on any atom is 0.221 e. The Kier molecular flexibility index (Phi) is 3.55. The van der Waals surface area contributed by atoms with Crippen LogP contribution in [0.5, 0.6) is 0 Å². The molecule has 1 aromatic heterocycles. The number of aryl methyl sites for hydroxylation is 1. The number of nitrogens with two attached hydrogens (primary N) is 1. The number of hydrogen-bond acceptors (Lipinski definition) is 4. The minimum absolute atomic E-state index is 0.297. The van der Waals surface area contributed by atoms with Gasteiger partial charge in [-0.3, -0.25) is 0 Å². The summed E-state index contributed by atoms with van der Waals surface area (Å²) in [4.78, 5) is 7.92. The average molecular weight is 228 g/mol. The zero-order valence-electron chi connectivity index (χ0n) is 9.85. The summed E-state index contributed by atoms with van der Waals surface area (Å²) in [6.45, 7) is 2.93. The largest absolute Gasteiger partial charge is 0.370 e. The van der Waals surface area contributed by atoms with E-state index in [0.717, 1.165) is 18.8 Å². The quantitative estimate of drug-likeness (QED) is 0.840. The van der Waals surface area contributed by atoms with E-state index in [1.54, 1.807) is 6.20 Å². The minimum atomic E-state index is 0.297. The summed E-state index contributed by atoms with van der Waals surface area (Å²) in [7, 11) is 0. The number of aromatic nitrogens is 2. The molecule has 4 nitrogen and oxygen atoms in total. The van der Waals surface area contributed by atoms with Gasteiger partial charge in [-0.2, -0.15) is 4.98 Å². The lowest BCUT2D eigenvalue weighted by atomic mass is 10.1. The van der Waals surface area contributed by atoms with E-state index in [-0.39, 0.29) is 0 Å². The molecule has 88 valence electrons. The third-order valence-electron chi connectivity index (χ3n) is 2.48. The van der Waals surface area contributed by atoms with Crippen LogP contribution >= 0.6 is 0 Å². The molecule has 0 atom stereocenters. The first kappa shape index (κ1) is 11.4. The van der Waals surface area contributed by atoms with Crippen molar-refractivity contribution < 1.29 is 0 Å². The fraction of sp³-hybridized carbons (Fsp3) is 0.231. The number of anilines is 2. The maximum absolute atomic E-state index is 5.50. The molecule has 4 heteroatoms. The summed E-state index contributed by atoms with van der Waals surface area (Å²) in [6.07, 6.45) is 2.61. The van der Waals surface area contributed by atoms with E-state index >= 15 is 0 Å². The van der Waals surface area contributed by atoms with Crippen molar-refractivity contribution in [1.29, 1.82) is 0 Å². The predicted molar refractivity (Wildman–Crippen MR) is 69.8 cm³/mol. The van der Waals surface area contributed by atoms with Crippen molar-refractivity contribution in [3.63, 3.8) is 0 Å². The maximum atomic E-state index is 5.50. The molecule has 1 heterocycles. The van der Waals surface area contributed by atoms with Crippen molar-refractivity contribution in [2.75, 3.05) is 17.6 Å². The average Bonchev–Trinajstić information content (AvgIpc) is 2.29. The van der Waals surface area contributed by atoms with Gasteiger partial charge in [0.1, 0.15) is 5.82 Å². The van der Waals surface area contributed by atoms with Crippen LogP contribution in [0, 0.1) is 6.92 Å². The van der Waals surface area contributed by atoms with Crippen LogP contribution in [0.3, 0.4) is 0 Å². The zero-order chi connectivity index (χ0) is 12.1. The van der Waals surface area contributed by atoms with Gasteiger partial charge in [-0.1, -0.05) is 29.8 Å². The standard InChI is InChI=1S/C13H16N4/c1-10-3-2-4-11(9-10)5-7-15-12-6-8-16-13(14)17-12/h2-4,6,8-9H,5,7H2,1H3,(H3,14,15,16,17). The molecule has 2 rings (SSSR count). The Morgan fingerprint density at radius 1 is 1.29 bits per heavy atom. The van der Waals surface area contributed by atoms with Gasteiger partial charge in [0.2, 0.25) is 5.95 Å². The third-order valence-corrected chi connectivity index (χ3v) is 2.48. The Morgan fingerprint density at radius 3 is 2.94 bits per heavy atom. The lowest BCUT2D eigenvalue weighted by Crippen LogP contribution is -2.07. The lowest BCUT2D eigenvalue weighted by molar-refractivity contribution is 0.999. The molecular weight excluding hydrogens is 212 g/mol. The fourth-order valence-electron chi connectivity index (χ4n) is 1.67.